The summed E-state index contributed by atoms with van der Waals surface area (Å²) >= 11 is 0. The summed E-state index contributed by atoms with van der Waals surface area (Å²) in [5.41, 5.74) is 1.02. The molecule has 9 nitrogen and oxygen atoms in total. The van der Waals surface area contributed by atoms with Crippen LogP contribution < -0.4 is 16.3 Å². The lowest BCUT2D eigenvalue weighted by atomic mass is 10.2. The second-order valence-corrected chi connectivity index (χ2v) is 7.93. The Morgan fingerprint density at radius 1 is 1.17 bits per heavy atom. The van der Waals surface area contributed by atoms with Crippen molar-refractivity contribution >= 4 is 23.3 Å². The van der Waals surface area contributed by atoms with Crippen LogP contribution in [0.4, 0.5) is 10.5 Å². The summed E-state index contributed by atoms with van der Waals surface area (Å²) in [6.45, 7) is 7.07. The van der Waals surface area contributed by atoms with E-state index < -0.39 is 17.7 Å². The molecule has 0 bridgehead atoms. The number of rotatable bonds is 5. The third-order valence-corrected chi connectivity index (χ3v) is 4.14. The van der Waals surface area contributed by atoms with Crippen LogP contribution in [0.3, 0.4) is 0 Å². The molecule has 1 atom stereocenters. The third-order valence-electron chi connectivity index (χ3n) is 4.14. The first-order chi connectivity index (χ1) is 14.1. The van der Waals surface area contributed by atoms with Crippen molar-refractivity contribution in [2.75, 3.05) is 5.32 Å². The second kappa shape index (κ2) is 8.40. The average Bonchev–Trinajstić information content (AvgIpc) is 2.96. The predicted octanol–water partition coefficient (Wildman–Crippen LogP) is 2.40. The van der Waals surface area contributed by atoms with E-state index in [1.165, 1.54) is 9.08 Å². The van der Waals surface area contributed by atoms with Crippen LogP contribution in [0.1, 0.15) is 33.3 Å². The summed E-state index contributed by atoms with van der Waals surface area (Å²) in [4.78, 5) is 36.7. The van der Waals surface area contributed by atoms with E-state index in [9.17, 15) is 14.4 Å². The molecule has 158 valence electrons. The number of carbonyl (C=O) groups is 2. The molecule has 3 rings (SSSR count). The quantitative estimate of drug-likeness (QED) is 0.670. The van der Waals surface area contributed by atoms with Crippen molar-refractivity contribution in [3.8, 4) is 0 Å². The largest absolute Gasteiger partial charge is 0.444 e. The number of nitrogens with zero attached hydrogens (tertiary/aromatic N) is 3. The number of amides is 2. The number of aromatic nitrogens is 3. The second-order valence-electron chi connectivity index (χ2n) is 7.93. The standard InChI is InChI=1S/C21H25N5O4/c1-14(22-19(28)30-21(2,3)4)18(27)23-16-9-7-8-15(12-16)13-26-20(29)25-11-6-5-10-17(25)24-26/h5-12,14H,13H2,1-4H3,(H,22,28)(H,23,27). The molecule has 2 N–H and O–H groups in total. The Labute approximate surface area is 173 Å². The number of carbonyl (C=O) groups excluding carboxylic acids is 2. The minimum atomic E-state index is -0.787. The minimum absolute atomic E-state index is 0.241. The number of hydrogen-bond donors (Lipinski definition) is 2. The molecule has 0 spiro atoms. The normalized spacial score (nSPS) is 12.4. The van der Waals surface area contributed by atoms with Crippen molar-refractivity contribution < 1.29 is 14.3 Å². The van der Waals surface area contributed by atoms with Crippen LogP contribution in [0.5, 0.6) is 0 Å². The van der Waals surface area contributed by atoms with Gasteiger partial charge in [0.15, 0.2) is 5.65 Å². The molecule has 2 amide bonds. The van der Waals surface area contributed by atoms with Crippen molar-refractivity contribution in [3.63, 3.8) is 0 Å². The molecule has 30 heavy (non-hydrogen) atoms. The Hall–Kier alpha value is -3.62. The Balaban J connectivity index is 1.66. The fourth-order valence-electron chi connectivity index (χ4n) is 2.79. The first kappa shape index (κ1) is 21.1. The maximum atomic E-state index is 12.4. The molecule has 0 radical (unpaired) electrons. The number of anilines is 1. The number of fused-ring (bicyclic) bond motifs is 1. The van der Waals surface area contributed by atoms with Gasteiger partial charge in [0.25, 0.3) is 0 Å². The van der Waals surface area contributed by atoms with E-state index in [0.717, 1.165) is 5.56 Å². The van der Waals surface area contributed by atoms with E-state index in [1.54, 1.807) is 64.2 Å². The first-order valence-electron chi connectivity index (χ1n) is 9.56. The molecule has 2 aromatic heterocycles. The van der Waals surface area contributed by atoms with Crippen molar-refractivity contribution in [1.29, 1.82) is 0 Å². The monoisotopic (exact) mass is 411 g/mol. The number of nitrogens with one attached hydrogen (secondary N) is 2. The summed E-state index contributed by atoms with van der Waals surface area (Å²) < 4.78 is 7.99. The van der Waals surface area contributed by atoms with Gasteiger partial charge >= 0.3 is 11.8 Å². The van der Waals surface area contributed by atoms with Gasteiger partial charge in [-0.25, -0.2) is 14.3 Å². The maximum absolute atomic E-state index is 12.4. The lowest BCUT2D eigenvalue weighted by molar-refractivity contribution is -0.117. The van der Waals surface area contributed by atoms with Gasteiger partial charge in [0.05, 0.1) is 6.54 Å². The van der Waals surface area contributed by atoms with Crippen molar-refractivity contribution in [1.82, 2.24) is 19.5 Å². The molecule has 2 heterocycles. The highest BCUT2D eigenvalue weighted by molar-refractivity contribution is 5.96. The van der Waals surface area contributed by atoms with Crippen LogP contribution in [0, 0.1) is 0 Å². The van der Waals surface area contributed by atoms with Gasteiger partial charge in [-0.05, 0) is 57.5 Å². The summed E-state index contributed by atoms with van der Waals surface area (Å²) in [6.07, 6.45) is 1.00. The zero-order chi connectivity index (χ0) is 21.9. The van der Waals surface area contributed by atoms with Gasteiger partial charge < -0.3 is 15.4 Å². The zero-order valence-electron chi connectivity index (χ0n) is 17.4. The Bertz CT molecular complexity index is 1130. The lowest BCUT2D eigenvalue weighted by Gasteiger charge is -2.21. The van der Waals surface area contributed by atoms with Gasteiger partial charge in [0.1, 0.15) is 11.6 Å². The van der Waals surface area contributed by atoms with Crippen molar-refractivity contribution in [2.45, 2.75) is 45.9 Å². The minimum Gasteiger partial charge on any atom is -0.444 e. The number of hydrogen-bond acceptors (Lipinski definition) is 5. The van der Waals surface area contributed by atoms with Crippen LogP contribution in [0.15, 0.2) is 53.5 Å². The molecule has 0 aliphatic carbocycles. The van der Waals surface area contributed by atoms with Gasteiger partial charge in [-0.3, -0.25) is 9.20 Å². The number of benzene rings is 1. The van der Waals surface area contributed by atoms with E-state index in [2.05, 4.69) is 15.7 Å². The number of ether oxygens (including phenoxy) is 1. The van der Waals surface area contributed by atoms with Gasteiger partial charge in [-0.15, -0.1) is 5.10 Å². The van der Waals surface area contributed by atoms with Gasteiger partial charge in [-0.2, -0.15) is 0 Å². The molecule has 0 saturated carbocycles. The summed E-state index contributed by atoms with van der Waals surface area (Å²) in [5, 5.41) is 9.56. The average molecular weight is 411 g/mol. The van der Waals surface area contributed by atoms with Gasteiger partial charge in [0.2, 0.25) is 5.91 Å². The summed E-state index contributed by atoms with van der Waals surface area (Å²) in [6, 6.07) is 11.7. The molecule has 0 aliphatic heterocycles. The Morgan fingerprint density at radius 3 is 2.63 bits per heavy atom. The van der Waals surface area contributed by atoms with Crippen LogP contribution in [0.25, 0.3) is 5.65 Å². The molecule has 1 unspecified atom stereocenters. The van der Waals surface area contributed by atoms with Gasteiger partial charge in [0, 0.05) is 11.9 Å². The highest BCUT2D eigenvalue weighted by atomic mass is 16.6. The molecule has 0 aliphatic rings. The SMILES string of the molecule is CC(NC(=O)OC(C)(C)C)C(=O)Nc1cccc(Cn2nc3ccccn3c2=O)c1. The third kappa shape index (κ3) is 5.25. The topological polar surface area (TPSA) is 107 Å². The maximum Gasteiger partial charge on any atom is 0.408 e. The molecule has 9 heteroatoms. The molecular formula is C21H25N5O4. The van der Waals surface area contributed by atoms with E-state index in [0.29, 0.717) is 11.3 Å². The smallest absolute Gasteiger partial charge is 0.408 e. The molecule has 3 aromatic rings. The van der Waals surface area contributed by atoms with Crippen molar-refractivity contribution in [3.05, 3.63) is 64.7 Å². The Kier molecular flexibility index (Phi) is 5.91. The van der Waals surface area contributed by atoms with Crippen LogP contribution in [-0.4, -0.2) is 37.8 Å². The predicted molar refractivity (Wildman–Crippen MR) is 112 cm³/mol. The van der Waals surface area contributed by atoms with E-state index in [-0.39, 0.29) is 18.1 Å². The van der Waals surface area contributed by atoms with Crippen LogP contribution in [0.2, 0.25) is 0 Å². The molecular weight excluding hydrogens is 386 g/mol. The van der Waals surface area contributed by atoms with E-state index in [4.69, 9.17) is 4.74 Å². The molecule has 0 fully saturated rings. The summed E-state index contributed by atoms with van der Waals surface area (Å²) in [7, 11) is 0. The highest BCUT2D eigenvalue weighted by Gasteiger charge is 2.21. The molecule has 0 saturated heterocycles. The highest BCUT2D eigenvalue weighted by Crippen LogP contribution is 2.12. The van der Waals surface area contributed by atoms with Gasteiger partial charge in [-0.1, -0.05) is 18.2 Å². The summed E-state index contributed by atoms with van der Waals surface area (Å²) in [5.74, 6) is -0.386. The van der Waals surface area contributed by atoms with E-state index in [1.807, 2.05) is 12.1 Å². The van der Waals surface area contributed by atoms with Crippen LogP contribution in [-0.2, 0) is 16.1 Å². The van der Waals surface area contributed by atoms with Crippen molar-refractivity contribution in [2.24, 2.45) is 0 Å². The van der Waals surface area contributed by atoms with Crippen LogP contribution >= 0.6 is 0 Å². The number of pyridine rings is 1. The fraction of sp³-hybridized carbons (Fsp3) is 0.333. The fourth-order valence-corrected chi connectivity index (χ4v) is 2.79. The van der Waals surface area contributed by atoms with E-state index >= 15 is 0 Å². The number of alkyl carbamates (subject to hydrolysis) is 1. The zero-order valence-corrected chi connectivity index (χ0v) is 17.4. The Morgan fingerprint density at radius 2 is 1.93 bits per heavy atom. The molecule has 1 aromatic carbocycles. The lowest BCUT2D eigenvalue weighted by Crippen LogP contribution is -2.43. The first-order valence-corrected chi connectivity index (χ1v) is 9.56.